The molecule has 9 heteroatoms. The van der Waals surface area contributed by atoms with Crippen LogP contribution in [0, 0.1) is 5.41 Å². The van der Waals surface area contributed by atoms with E-state index < -0.39 is 23.5 Å². The van der Waals surface area contributed by atoms with E-state index in [1.54, 1.807) is 37.6 Å². The number of hydrogen-bond donors (Lipinski definition) is 2. The maximum absolute atomic E-state index is 13.9. The third-order valence-corrected chi connectivity index (χ3v) is 7.35. The van der Waals surface area contributed by atoms with E-state index in [9.17, 15) is 19.2 Å². The van der Waals surface area contributed by atoms with Crippen LogP contribution in [-0.4, -0.2) is 47.5 Å². The number of hydrogen-bond acceptors (Lipinski definition) is 6. The summed E-state index contributed by atoms with van der Waals surface area (Å²) >= 11 is 0. The van der Waals surface area contributed by atoms with Gasteiger partial charge < -0.3 is 19.8 Å². The molecule has 40 heavy (non-hydrogen) atoms. The Bertz CT molecular complexity index is 1680. The maximum atomic E-state index is 13.9. The van der Waals surface area contributed by atoms with Crippen LogP contribution in [0.15, 0.2) is 65.6 Å². The number of fused-ring (bicyclic) bond motifs is 2. The third kappa shape index (κ3) is 5.02. The Morgan fingerprint density at radius 1 is 1.05 bits per heavy atom. The quantitative estimate of drug-likeness (QED) is 0.342. The van der Waals surface area contributed by atoms with Crippen molar-refractivity contribution in [1.82, 2.24) is 14.9 Å². The molecule has 0 radical (unpaired) electrons. The number of ketones is 1. The second kappa shape index (κ2) is 10.5. The highest BCUT2D eigenvalue weighted by Gasteiger charge is 2.35. The molecule has 0 aliphatic heterocycles. The van der Waals surface area contributed by atoms with Gasteiger partial charge in [0.2, 0.25) is 0 Å². The van der Waals surface area contributed by atoms with Crippen LogP contribution in [0.5, 0.6) is 5.75 Å². The summed E-state index contributed by atoms with van der Waals surface area (Å²) in [5.41, 5.74) is 1.92. The normalized spacial score (nSPS) is 14.8. The number of pyridine rings is 1. The van der Waals surface area contributed by atoms with E-state index in [1.807, 2.05) is 38.1 Å². The first-order valence-electron chi connectivity index (χ1n) is 13.0. The number of rotatable bonds is 7. The summed E-state index contributed by atoms with van der Waals surface area (Å²) in [6.45, 7) is 3.95. The van der Waals surface area contributed by atoms with Crippen LogP contribution in [0.1, 0.15) is 52.2 Å². The number of aromatic nitrogens is 2. The molecule has 2 aromatic heterocycles. The first-order valence-corrected chi connectivity index (χ1v) is 13.0. The number of amides is 1. The molecule has 5 rings (SSSR count). The van der Waals surface area contributed by atoms with Crippen LogP contribution in [-0.2, 0) is 22.4 Å². The molecule has 1 aliphatic rings. The molecule has 0 fully saturated rings. The van der Waals surface area contributed by atoms with E-state index in [4.69, 9.17) is 9.47 Å². The zero-order valence-corrected chi connectivity index (χ0v) is 22.9. The van der Waals surface area contributed by atoms with Crippen molar-refractivity contribution >= 4 is 28.6 Å². The molecular weight excluding hydrogens is 510 g/mol. The van der Waals surface area contributed by atoms with Gasteiger partial charge in [0.1, 0.15) is 17.4 Å². The largest absolute Gasteiger partial charge is 0.497 e. The smallest absolute Gasteiger partial charge is 0.328 e. The lowest BCUT2D eigenvalue weighted by atomic mass is 9.75. The fourth-order valence-corrected chi connectivity index (χ4v) is 5.37. The Morgan fingerprint density at radius 3 is 2.48 bits per heavy atom. The standard InChI is InChI=1S/C31H31N3O6/c1-31(2)15-26-22(27(35)16-31)14-23(29(37)34(26)19-9-11-20(39-3)12-10-19)28(36)33-25(30(38)40-4)13-18-17-32-24-8-6-5-7-21(18)24/h5-12,14,17,25,32H,13,15-16H2,1-4H3,(H,33,36). The summed E-state index contributed by atoms with van der Waals surface area (Å²) < 4.78 is 11.7. The van der Waals surface area contributed by atoms with Gasteiger partial charge in [-0.25, -0.2) is 4.79 Å². The minimum Gasteiger partial charge on any atom is -0.497 e. The highest BCUT2D eigenvalue weighted by Crippen LogP contribution is 2.35. The van der Waals surface area contributed by atoms with Gasteiger partial charge in [0.15, 0.2) is 5.78 Å². The number of Topliss-reactive ketones (excluding diaryl/α,β-unsaturated/α-hetero) is 1. The zero-order chi connectivity index (χ0) is 28.6. The third-order valence-electron chi connectivity index (χ3n) is 7.35. The van der Waals surface area contributed by atoms with E-state index in [-0.39, 0.29) is 29.6 Å². The van der Waals surface area contributed by atoms with Crippen molar-refractivity contribution in [2.45, 2.75) is 39.2 Å². The molecule has 2 heterocycles. The summed E-state index contributed by atoms with van der Waals surface area (Å²) in [5, 5.41) is 3.60. The second-order valence-electron chi connectivity index (χ2n) is 10.8. The van der Waals surface area contributed by atoms with Gasteiger partial charge in [-0.3, -0.25) is 19.0 Å². The van der Waals surface area contributed by atoms with E-state index >= 15 is 0 Å². The SMILES string of the molecule is COC(=O)C(Cc1c[nH]c2ccccc12)NC(=O)c1cc2c(n(-c3ccc(OC)cc3)c1=O)CC(C)(C)CC2=O. The number of H-pyrrole nitrogens is 1. The molecule has 0 spiro atoms. The molecule has 1 aliphatic carbocycles. The number of benzene rings is 2. The molecule has 1 unspecified atom stereocenters. The monoisotopic (exact) mass is 541 g/mol. The van der Waals surface area contributed by atoms with Crippen molar-refractivity contribution in [2.24, 2.45) is 5.41 Å². The van der Waals surface area contributed by atoms with Crippen LogP contribution >= 0.6 is 0 Å². The van der Waals surface area contributed by atoms with Gasteiger partial charge in [-0.2, -0.15) is 0 Å². The molecule has 9 nitrogen and oxygen atoms in total. The number of methoxy groups -OCH3 is 2. The van der Waals surface area contributed by atoms with Gasteiger partial charge in [-0.1, -0.05) is 32.0 Å². The number of ether oxygens (including phenoxy) is 2. The van der Waals surface area contributed by atoms with Crippen LogP contribution in [0.3, 0.4) is 0 Å². The molecule has 1 amide bonds. The molecule has 0 bridgehead atoms. The van der Waals surface area contributed by atoms with Crippen molar-refractivity contribution < 1.29 is 23.9 Å². The average molecular weight is 542 g/mol. The van der Waals surface area contributed by atoms with E-state index in [1.165, 1.54) is 17.7 Å². The molecule has 2 aromatic carbocycles. The lowest BCUT2D eigenvalue weighted by Crippen LogP contribution is -2.46. The Hall–Kier alpha value is -4.66. The van der Waals surface area contributed by atoms with Crippen LogP contribution in [0.4, 0.5) is 0 Å². The lowest BCUT2D eigenvalue weighted by molar-refractivity contribution is -0.142. The fourth-order valence-electron chi connectivity index (χ4n) is 5.37. The van der Waals surface area contributed by atoms with Gasteiger partial charge in [-0.15, -0.1) is 0 Å². The highest BCUT2D eigenvalue weighted by atomic mass is 16.5. The van der Waals surface area contributed by atoms with Crippen molar-refractivity contribution in [2.75, 3.05) is 14.2 Å². The fraction of sp³-hybridized carbons (Fsp3) is 0.290. The molecule has 0 saturated heterocycles. The first-order chi connectivity index (χ1) is 19.1. The predicted octanol–water partition coefficient (Wildman–Crippen LogP) is 4.00. The maximum Gasteiger partial charge on any atom is 0.328 e. The summed E-state index contributed by atoms with van der Waals surface area (Å²) in [4.78, 5) is 56.7. The molecule has 0 saturated carbocycles. The van der Waals surface area contributed by atoms with Crippen molar-refractivity contribution in [3.8, 4) is 11.4 Å². The van der Waals surface area contributed by atoms with E-state index in [0.29, 0.717) is 29.1 Å². The van der Waals surface area contributed by atoms with Crippen LogP contribution < -0.4 is 15.6 Å². The summed E-state index contributed by atoms with van der Waals surface area (Å²) in [5.74, 6) is -0.951. The Labute approximate surface area is 231 Å². The highest BCUT2D eigenvalue weighted by molar-refractivity contribution is 6.03. The minimum atomic E-state index is -1.06. The van der Waals surface area contributed by atoms with Gasteiger partial charge in [0.05, 0.1) is 14.2 Å². The summed E-state index contributed by atoms with van der Waals surface area (Å²) in [6, 6.07) is 14.8. The number of para-hydroxylation sites is 1. The topological polar surface area (TPSA) is 119 Å². The molecular formula is C31H31N3O6. The number of aromatic amines is 1. The zero-order valence-electron chi connectivity index (χ0n) is 22.9. The number of carbonyl (C=O) groups excluding carboxylic acids is 3. The Kier molecular flexibility index (Phi) is 7.06. The Balaban J connectivity index is 1.57. The van der Waals surface area contributed by atoms with Gasteiger partial charge in [-0.05, 0) is 53.8 Å². The van der Waals surface area contributed by atoms with Crippen molar-refractivity contribution in [1.29, 1.82) is 0 Å². The van der Waals surface area contributed by atoms with Crippen LogP contribution in [0.2, 0.25) is 0 Å². The molecule has 4 aromatic rings. The first kappa shape index (κ1) is 26.9. The molecule has 1 atom stereocenters. The number of esters is 1. The predicted molar refractivity (Wildman–Crippen MR) is 150 cm³/mol. The van der Waals surface area contributed by atoms with Crippen molar-refractivity contribution in [3.63, 3.8) is 0 Å². The van der Waals surface area contributed by atoms with Gasteiger partial charge in [0, 0.05) is 46.9 Å². The second-order valence-corrected chi connectivity index (χ2v) is 10.8. The number of nitrogens with one attached hydrogen (secondary N) is 2. The van der Waals surface area contributed by atoms with Gasteiger partial charge >= 0.3 is 5.97 Å². The summed E-state index contributed by atoms with van der Waals surface area (Å²) in [7, 11) is 2.79. The van der Waals surface area contributed by atoms with Gasteiger partial charge in [0.25, 0.3) is 11.5 Å². The van der Waals surface area contributed by atoms with E-state index in [0.717, 1.165) is 16.5 Å². The van der Waals surface area contributed by atoms with E-state index in [2.05, 4.69) is 10.3 Å². The van der Waals surface area contributed by atoms with Crippen LogP contribution in [0.25, 0.3) is 16.6 Å². The summed E-state index contributed by atoms with van der Waals surface area (Å²) in [6.07, 6.45) is 2.69. The van der Waals surface area contributed by atoms with Crippen molar-refractivity contribution in [3.05, 3.63) is 93.5 Å². The lowest BCUT2D eigenvalue weighted by Gasteiger charge is -2.32. The molecule has 206 valence electrons. The molecule has 2 N–H and O–H groups in total. The minimum absolute atomic E-state index is 0.146. The number of nitrogens with zero attached hydrogens (tertiary/aromatic N) is 1. The number of carbonyl (C=O) groups is 3. The Morgan fingerprint density at radius 2 is 1.77 bits per heavy atom. The average Bonchev–Trinajstić information content (AvgIpc) is 3.34.